The minimum Gasteiger partial charge on any atom is -1.00 e. The molecule has 4 aliphatic carbocycles. The van der Waals surface area contributed by atoms with Crippen LogP contribution in [-0.2, 0) is 15.7 Å². The molecule has 4 bridgehead atoms. The lowest BCUT2D eigenvalue weighted by Crippen LogP contribution is -3.00. The first kappa shape index (κ1) is 14.4. The van der Waals surface area contributed by atoms with Gasteiger partial charge in [-0.05, 0) is 80.0 Å². The lowest BCUT2D eigenvalue weighted by atomic mass is 9.48. The molecule has 1 saturated heterocycles. The SMILES string of the molecule is O=CC[S+]1CCCC1C12CC3CC(CC(C3)C1)C2.[Br-]. The van der Waals surface area contributed by atoms with E-state index in [0.29, 0.717) is 16.3 Å². The molecule has 5 fully saturated rings. The molecule has 5 rings (SSSR count). The summed E-state index contributed by atoms with van der Waals surface area (Å²) in [5.74, 6) is 5.45. The van der Waals surface area contributed by atoms with Gasteiger partial charge in [-0.2, -0.15) is 0 Å². The summed E-state index contributed by atoms with van der Waals surface area (Å²) < 4.78 is 0. The molecule has 3 heteroatoms. The van der Waals surface area contributed by atoms with Gasteiger partial charge in [-0.15, -0.1) is 0 Å². The zero-order chi connectivity index (χ0) is 12.2. The van der Waals surface area contributed by atoms with Gasteiger partial charge in [-0.25, -0.2) is 0 Å². The molecular formula is C16H25BrOS. The summed E-state index contributed by atoms with van der Waals surface area (Å²) in [7, 11) is 0.455. The molecule has 1 nitrogen and oxygen atoms in total. The van der Waals surface area contributed by atoms with E-state index in [-0.39, 0.29) is 17.0 Å². The molecule has 1 heterocycles. The fourth-order valence-corrected chi connectivity index (χ4v) is 9.17. The van der Waals surface area contributed by atoms with E-state index in [0.717, 1.165) is 28.8 Å². The van der Waals surface area contributed by atoms with E-state index >= 15 is 0 Å². The van der Waals surface area contributed by atoms with Gasteiger partial charge < -0.3 is 17.0 Å². The molecule has 0 aromatic carbocycles. The van der Waals surface area contributed by atoms with Crippen LogP contribution in [0.15, 0.2) is 0 Å². The van der Waals surface area contributed by atoms with Crippen LogP contribution in [0.1, 0.15) is 51.4 Å². The van der Waals surface area contributed by atoms with Crippen LogP contribution < -0.4 is 17.0 Å². The Morgan fingerprint density at radius 3 is 2.16 bits per heavy atom. The van der Waals surface area contributed by atoms with E-state index in [9.17, 15) is 4.79 Å². The first-order valence-corrected chi connectivity index (χ1v) is 9.51. The number of aldehydes is 1. The predicted molar refractivity (Wildman–Crippen MR) is 76.8 cm³/mol. The molecule has 0 aromatic rings. The van der Waals surface area contributed by atoms with Gasteiger partial charge in [0.05, 0.1) is 0 Å². The second-order valence-corrected chi connectivity index (χ2v) is 9.87. The summed E-state index contributed by atoms with van der Waals surface area (Å²) in [5.41, 5.74) is 0.706. The summed E-state index contributed by atoms with van der Waals surface area (Å²) in [6.07, 6.45) is 13.3. The standard InChI is InChI=1S/C16H25OS.BrH/c17-3-5-18-4-1-2-15(18)16-9-12-6-13(10-16)8-14(7-12)11-16;/h3,12-15H,1-2,4-11H2;1H/q+1;/p-1. The van der Waals surface area contributed by atoms with Crippen LogP contribution in [-0.4, -0.2) is 23.0 Å². The first-order chi connectivity index (χ1) is 8.79. The summed E-state index contributed by atoms with van der Waals surface area (Å²) >= 11 is 0. The summed E-state index contributed by atoms with van der Waals surface area (Å²) in [6, 6.07) is 0. The topological polar surface area (TPSA) is 17.1 Å². The molecule has 4 saturated carbocycles. The first-order valence-electron chi connectivity index (χ1n) is 7.89. The van der Waals surface area contributed by atoms with Crippen molar-refractivity contribution in [3.05, 3.63) is 0 Å². The molecule has 5 aliphatic rings. The number of carbonyl (C=O) groups excluding carboxylic acids is 1. The third kappa shape index (κ3) is 2.33. The smallest absolute Gasteiger partial charge is 0.169 e. The van der Waals surface area contributed by atoms with E-state index in [1.807, 2.05) is 0 Å². The van der Waals surface area contributed by atoms with E-state index in [4.69, 9.17) is 0 Å². The van der Waals surface area contributed by atoms with Gasteiger partial charge in [0.25, 0.3) is 0 Å². The highest BCUT2D eigenvalue weighted by atomic mass is 79.9. The van der Waals surface area contributed by atoms with Crippen molar-refractivity contribution in [2.75, 3.05) is 11.5 Å². The van der Waals surface area contributed by atoms with Crippen LogP contribution in [0.4, 0.5) is 0 Å². The van der Waals surface area contributed by atoms with Crippen molar-refractivity contribution in [3.8, 4) is 0 Å². The maximum absolute atomic E-state index is 10.9. The zero-order valence-corrected chi connectivity index (χ0v) is 14.1. The largest absolute Gasteiger partial charge is 1.00 e. The Hall–Kier alpha value is 0.500. The van der Waals surface area contributed by atoms with E-state index in [2.05, 4.69) is 0 Å². The number of hydrogen-bond acceptors (Lipinski definition) is 1. The maximum atomic E-state index is 10.9. The summed E-state index contributed by atoms with van der Waals surface area (Å²) in [5, 5.41) is 0.941. The Morgan fingerprint density at radius 2 is 1.63 bits per heavy atom. The van der Waals surface area contributed by atoms with Gasteiger partial charge in [0, 0.05) is 5.41 Å². The summed E-state index contributed by atoms with van der Waals surface area (Å²) in [6.45, 7) is 0. The fraction of sp³-hybridized carbons (Fsp3) is 0.938. The second-order valence-electron chi connectivity index (χ2n) is 7.49. The van der Waals surface area contributed by atoms with Crippen molar-refractivity contribution < 1.29 is 21.8 Å². The molecule has 0 radical (unpaired) electrons. The van der Waals surface area contributed by atoms with Crippen molar-refractivity contribution in [2.45, 2.75) is 56.6 Å². The minimum atomic E-state index is 0. The van der Waals surface area contributed by atoms with Crippen LogP contribution >= 0.6 is 0 Å². The molecule has 0 N–H and O–H groups in total. The van der Waals surface area contributed by atoms with Gasteiger partial charge in [0.2, 0.25) is 0 Å². The molecule has 1 aliphatic heterocycles. The molecule has 19 heavy (non-hydrogen) atoms. The van der Waals surface area contributed by atoms with Crippen molar-refractivity contribution in [1.82, 2.24) is 0 Å². The van der Waals surface area contributed by atoms with E-state index in [1.165, 1.54) is 44.1 Å². The Balaban J connectivity index is 0.00000110. The second kappa shape index (κ2) is 5.36. The van der Waals surface area contributed by atoms with Crippen LogP contribution in [0.2, 0.25) is 0 Å². The highest BCUT2D eigenvalue weighted by Crippen LogP contribution is 2.63. The average molecular weight is 345 g/mol. The molecule has 108 valence electrons. The van der Waals surface area contributed by atoms with Crippen LogP contribution in [0.25, 0.3) is 0 Å². The zero-order valence-electron chi connectivity index (χ0n) is 11.7. The van der Waals surface area contributed by atoms with Crippen molar-refractivity contribution in [2.24, 2.45) is 23.2 Å². The number of carbonyl (C=O) groups is 1. The lowest BCUT2D eigenvalue weighted by molar-refractivity contribution is -0.105. The number of rotatable bonds is 3. The molecule has 0 spiro atoms. The minimum absolute atomic E-state index is 0. The Morgan fingerprint density at radius 1 is 1.05 bits per heavy atom. The van der Waals surface area contributed by atoms with Crippen LogP contribution in [0.5, 0.6) is 0 Å². The molecule has 2 unspecified atom stereocenters. The fourth-order valence-electron chi connectivity index (χ4n) is 6.28. The van der Waals surface area contributed by atoms with E-state index < -0.39 is 0 Å². The molecule has 0 aromatic heterocycles. The van der Waals surface area contributed by atoms with E-state index in [1.54, 1.807) is 19.3 Å². The Kier molecular flexibility index (Phi) is 4.08. The van der Waals surface area contributed by atoms with Gasteiger partial charge in [0.15, 0.2) is 12.0 Å². The van der Waals surface area contributed by atoms with Crippen LogP contribution in [0.3, 0.4) is 0 Å². The van der Waals surface area contributed by atoms with Gasteiger partial charge in [-0.3, -0.25) is 4.79 Å². The number of halogens is 1. The number of hydrogen-bond donors (Lipinski definition) is 0. The highest BCUT2D eigenvalue weighted by molar-refractivity contribution is 7.98. The predicted octanol–water partition coefficient (Wildman–Crippen LogP) is 0.186. The summed E-state index contributed by atoms with van der Waals surface area (Å²) in [4.78, 5) is 10.9. The quantitative estimate of drug-likeness (QED) is 0.527. The molecule has 2 atom stereocenters. The molecule has 0 amide bonds. The van der Waals surface area contributed by atoms with Gasteiger partial charge >= 0.3 is 0 Å². The van der Waals surface area contributed by atoms with Crippen molar-refractivity contribution >= 4 is 17.2 Å². The average Bonchev–Trinajstić information content (AvgIpc) is 2.76. The molecular weight excluding hydrogens is 320 g/mol. The third-order valence-corrected chi connectivity index (χ3v) is 9.24. The maximum Gasteiger partial charge on any atom is 0.169 e. The lowest BCUT2D eigenvalue weighted by Gasteiger charge is -2.57. The Bertz CT molecular complexity index is 321. The third-order valence-electron chi connectivity index (χ3n) is 6.33. The normalized spacial score (nSPS) is 51.1. The van der Waals surface area contributed by atoms with Crippen molar-refractivity contribution in [1.29, 1.82) is 0 Å². The van der Waals surface area contributed by atoms with Crippen LogP contribution in [0, 0.1) is 23.2 Å². The van der Waals surface area contributed by atoms with Crippen molar-refractivity contribution in [3.63, 3.8) is 0 Å². The highest BCUT2D eigenvalue weighted by Gasteiger charge is 2.59. The Labute approximate surface area is 130 Å². The van der Waals surface area contributed by atoms with Gasteiger partial charge in [-0.1, -0.05) is 0 Å². The van der Waals surface area contributed by atoms with Gasteiger partial charge in [0.1, 0.15) is 11.0 Å². The monoisotopic (exact) mass is 344 g/mol.